The molecule has 2 aliphatic heterocycles. The zero-order valence-corrected chi connectivity index (χ0v) is 30.5. The molecule has 0 radical (unpaired) electrons. The van der Waals surface area contributed by atoms with Crippen molar-refractivity contribution >= 4 is 64.8 Å². The third-order valence-electron chi connectivity index (χ3n) is 8.72. The zero-order chi connectivity index (χ0) is 31.8. The van der Waals surface area contributed by atoms with Gasteiger partial charge in [0.05, 0.1) is 18.7 Å². The van der Waals surface area contributed by atoms with Crippen molar-refractivity contribution < 1.29 is 22.0 Å². The van der Waals surface area contributed by atoms with Gasteiger partial charge in [0.25, 0.3) is 0 Å². The van der Waals surface area contributed by atoms with E-state index >= 15 is 0 Å². The van der Waals surface area contributed by atoms with E-state index in [4.69, 9.17) is 0 Å². The number of carbonyl (C=O) groups excluding carboxylic acids is 1. The summed E-state index contributed by atoms with van der Waals surface area (Å²) in [5.74, 6) is -2.16. The summed E-state index contributed by atoms with van der Waals surface area (Å²) < 4.78 is 56.6. The molecule has 0 bridgehead atoms. The minimum Gasteiger partial charge on any atom is -0.371 e. The van der Waals surface area contributed by atoms with Crippen LogP contribution in [0.25, 0.3) is 0 Å². The second-order valence-electron chi connectivity index (χ2n) is 13.1. The number of anilines is 2. The van der Waals surface area contributed by atoms with Crippen molar-refractivity contribution in [2.45, 2.75) is 64.6 Å². The molecule has 2 aliphatic rings. The topological polar surface area (TPSA) is 99.6 Å². The van der Waals surface area contributed by atoms with E-state index in [0.29, 0.717) is 57.1 Å². The number of imidazole rings is 1. The van der Waals surface area contributed by atoms with Crippen LogP contribution in [0.1, 0.15) is 56.2 Å². The molecule has 47 heavy (non-hydrogen) atoms. The summed E-state index contributed by atoms with van der Waals surface area (Å²) in [5, 5.41) is 3.00. The quantitative estimate of drug-likeness (QED) is 0.306. The number of benzene rings is 2. The maximum Gasteiger partial charge on any atom is 0.231 e. The van der Waals surface area contributed by atoms with Crippen molar-refractivity contribution in [3.8, 4) is 0 Å². The number of hydrogen-bond donors (Lipinski definition) is 2. The molecule has 0 spiro atoms. The predicted molar refractivity (Wildman–Crippen MR) is 190 cm³/mol. The van der Waals surface area contributed by atoms with Gasteiger partial charge in [-0.15, -0.1) is 37.2 Å². The first kappa shape index (κ1) is 40.7. The Morgan fingerprint density at radius 3 is 2.32 bits per heavy atom. The van der Waals surface area contributed by atoms with Crippen molar-refractivity contribution in [2.75, 3.05) is 42.7 Å². The highest BCUT2D eigenvalue weighted by atomic mass is 35.5. The number of nitrogens with one attached hydrogen (secondary N) is 2. The van der Waals surface area contributed by atoms with Gasteiger partial charge in [-0.1, -0.05) is 18.2 Å². The summed E-state index contributed by atoms with van der Waals surface area (Å²) in [6, 6.07) is 9.74. The maximum atomic E-state index is 14.9. The van der Waals surface area contributed by atoms with E-state index in [-0.39, 0.29) is 54.7 Å². The number of likely N-dealkylation sites (tertiary alicyclic amines) is 1. The third-order valence-corrected chi connectivity index (χ3v) is 9.48. The van der Waals surface area contributed by atoms with Crippen LogP contribution in [0.4, 0.5) is 20.4 Å². The van der Waals surface area contributed by atoms with Crippen LogP contribution in [0.2, 0.25) is 0 Å². The number of nitrogens with zero attached hydrogens (tertiary/aromatic N) is 4. The first-order valence-corrected chi connectivity index (χ1v) is 16.9. The molecule has 0 aliphatic carbocycles. The number of sulfonamides is 1. The van der Waals surface area contributed by atoms with Gasteiger partial charge in [-0.2, -0.15) is 0 Å². The first-order valence-electron chi connectivity index (χ1n) is 15.0. The highest BCUT2D eigenvalue weighted by Crippen LogP contribution is 2.38. The van der Waals surface area contributed by atoms with Gasteiger partial charge in [-0.25, -0.2) is 26.9 Å². The van der Waals surface area contributed by atoms with Crippen molar-refractivity contribution in [3.63, 3.8) is 0 Å². The fourth-order valence-corrected chi connectivity index (χ4v) is 7.17. The van der Waals surface area contributed by atoms with Gasteiger partial charge < -0.3 is 9.47 Å². The number of piperidine rings is 1. The summed E-state index contributed by atoms with van der Waals surface area (Å²) in [5.41, 5.74) is 3.32. The van der Waals surface area contributed by atoms with Crippen molar-refractivity contribution in [2.24, 2.45) is 5.92 Å². The van der Waals surface area contributed by atoms with E-state index in [0.717, 1.165) is 22.9 Å². The minimum absolute atomic E-state index is 0. The average molecular weight is 738 g/mol. The summed E-state index contributed by atoms with van der Waals surface area (Å²) in [6.45, 7) is 11.0. The Balaban J connectivity index is 0.00000256. The van der Waals surface area contributed by atoms with Crippen LogP contribution < -0.4 is 14.9 Å². The lowest BCUT2D eigenvalue weighted by atomic mass is 9.88. The maximum absolute atomic E-state index is 14.9. The molecule has 0 saturated carbocycles. The van der Waals surface area contributed by atoms with E-state index < -0.39 is 33.5 Å². The largest absolute Gasteiger partial charge is 0.371 e. The second kappa shape index (κ2) is 16.3. The molecule has 0 unspecified atom stereocenters. The highest BCUT2D eigenvalue weighted by molar-refractivity contribution is 7.88. The van der Waals surface area contributed by atoms with Crippen LogP contribution in [-0.2, 0) is 21.4 Å². The van der Waals surface area contributed by atoms with Gasteiger partial charge in [0.1, 0.15) is 11.6 Å². The number of aryl methyl sites for hydroxylation is 1. The minimum atomic E-state index is -3.26. The number of hydrogen-bond acceptors (Lipinski definition) is 6. The highest BCUT2D eigenvalue weighted by Gasteiger charge is 2.43. The smallest absolute Gasteiger partial charge is 0.231 e. The van der Waals surface area contributed by atoms with E-state index in [2.05, 4.69) is 57.7 Å². The summed E-state index contributed by atoms with van der Waals surface area (Å²) in [6.07, 6.45) is 6.05. The molecule has 3 heterocycles. The molecular formula is C32H45Cl3F2N6O3S. The van der Waals surface area contributed by atoms with Crippen LogP contribution in [0.5, 0.6) is 0 Å². The molecule has 1 aromatic heterocycles. The average Bonchev–Trinajstić information content (AvgIpc) is 3.57. The number of amides is 1. The summed E-state index contributed by atoms with van der Waals surface area (Å²) in [4.78, 5) is 22.7. The lowest BCUT2D eigenvalue weighted by Crippen LogP contribution is -2.44. The summed E-state index contributed by atoms with van der Waals surface area (Å²) >= 11 is 0. The number of rotatable bonds is 8. The van der Waals surface area contributed by atoms with Crippen LogP contribution in [0.15, 0.2) is 48.8 Å². The number of halogens is 5. The molecule has 2 saturated heterocycles. The zero-order valence-electron chi connectivity index (χ0n) is 27.2. The normalized spacial score (nSPS) is 19.0. The molecule has 2 fully saturated rings. The number of carbonyl (C=O) groups is 1. The Bertz CT molecular complexity index is 1630. The molecule has 1 amide bonds. The second-order valence-corrected chi connectivity index (χ2v) is 14.9. The van der Waals surface area contributed by atoms with Crippen LogP contribution in [0, 0.1) is 24.5 Å². The fraction of sp³-hybridized carbons (Fsp3) is 0.500. The molecular weight excluding hydrogens is 693 g/mol. The van der Waals surface area contributed by atoms with Gasteiger partial charge in [-0.3, -0.25) is 15.0 Å². The Hall–Kier alpha value is -2.48. The van der Waals surface area contributed by atoms with Crippen LogP contribution >= 0.6 is 37.2 Å². The molecule has 2 aromatic carbocycles. The lowest BCUT2D eigenvalue weighted by Gasteiger charge is -2.35. The molecule has 3 aromatic rings. The van der Waals surface area contributed by atoms with Crippen molar-refractivity contribution in [3.05, 3.63) is 77.1 Å². The Morgan fingerprint density at radius 1 is 1.02 bits per heavy atom. The third kappa shape index (κ3) is 10.0. The van der Waals surface area contributed by atoms with Crippen molar-refractivity contribution in [1.29, 1.82) is 0 Å². The van der Waals surface area contributed by atoms with Crippen molar-refractivity contribution in [1.82, 2.24) is 19.2 Å². The van der Waals surface area contributed by atoms with Crippen LogP contribution in [-0.4, -0.2) is 72.8 Å². The Morgan fingerprint density at radius 2 is 1.70 bits per heavy atom. The molecule has 2 N–H and O–H groups in total. The molecule has 262 valence electrons. The molecule has 2 atom stereocenters. The van der Waals surface area contributed by atoms with E-state index in [1.807, 2.05) is 23.8 Å². The molecule has 9 nitrogen and oxygen atoms in total. The van der Waals surface area contributed by atoms with Gasteiger partial charge in [0.2, 0.25) is 21.9 Å². The molecule has 15 heteroatoms. The van der Waals surface area contributed by atoms with E-state index in [9.17, 15) is 22.0 Å². The lowest BCUT2D eigenvalue weighted by molar-refractivity contribution is -0.120. The monoisotopic (exact) mass is 736 g/mol. The summed E-state index contributed by atoms with van der Waals surface area (Å²) in [7, 11) is -3.26. The van der Waals surface area contributed by atoms with E-state index in [1.54, 1.807) is 6.20 Å². The Kier molecular flexibility index (Phi) is 14.1. The SMILES string of the molecule is Cc1ccc(Cn2ccnc2NC(=O)[C@@H]2CN(C(C)(C)C)C[C@H]2c2ccc(F)cc2F)c(N2CCC(NS(C)(=O)=O)CC2)c1.Cl.Cl.Cl. The van der Waals surface area contributed by atoms with Gasteiger partial charge in [-0.05, 0) is 69.4 Å². The van der Waals surface area contributed by atoms with E-state index in [1.165, 1.54) is 18.4 Å². The predicted octanol–water partition coefficient (Wildman–Crippen LogP) is 5.75. The Labute approximate surface area is 295 Å². The van der Waals surface area contributed by atoms with Crippen LogP contribution in [0.3, 0.4) is 0 Å². The van der Waals surface area contributed by atoms with Gasteiger partial charge >= 0.3 is 0 Å². The van der Waals surface area contributed by atoms with Gasteiger partial charge in [0.15, 0.2) is 0 Å². The fourth-order valence-electron chi connectivity index (χ4n) is 6.32. The first-order chi connectivity index (χ1) is 20.7. The molecule has 5 rings (SSSR count). The van der Waals surface area contributed by atoms with Gasteiger partial charge in [0, 0.05) is 67.8 Å². The standard InChI is InChI=1S/C32H42F2N6O3S.3ClH/c1-21-6-7-22(29(16-21)38-13-10-24(11-14-38)37-44(5,42)43)18-39-15-12-35-31(39)36-30(41)27-20-40(32(2,3)4)19-26(27)25-9-8-23(33)17-28(25)34;;;/h6-9,12,15-17,24,26-27,37H,10-11,13-14,18-20H2,1-5H3,(H,35,36,41);3*1H/t26-,27+;;;/m0.../s1. The number of aromatic nitrogens is 2.